The summed E-state index contributed by atoms with van der Waals surface area (Å²) in [5.41, 5.74) is 2.46. The number of benzene rings is 2. The first-order chi connectivity index (χ1) is 14.9. The molecule has 0 bridgehead atoms. The minimum Gasteiger partial charge on any atom is -0.508 e. The number of hydrogen-bond acceptors (Lipinski definition) is 7. The lowest BCUT2D eigenvalue weighted by molar-refractivity contribution is -0.118. The number of sulfonamides is 1. The first-order valence-corrected chi connectivity index (χ1v) is 12.2. The van der Waals surface area contributed by atoms with Crippen LogP contribution in [0.15, 0.2) is 58.9 Å². The van der Waals surface area contributed by atoms with E-state index in [2.05, 4.69) is 14.6 Å². The predicted molar refractivity (Wildman–Crippen MR) is 119 cm³/mol. The highest BCUT2D eigenvalue weighted by atomic mass is 32.2. The summed E-state index contributed by atoms with van der Waals surface area (Å²) in [6.45, 7) is 1.24. The van der Waals surface area contributed by atoms with Gasteiger partial charge in [0.2, 0.25) is 5.91 Å². The van der Waals surface area contributed by atoms with Crippen LogP contribution in [-0.4, -0.2) is 43.5 Å². The largest absolute Gasteiger partial charge is 0.508 e. The highest BCUT2D eigenvalue weighted by Gasteiger charge is 2.39. The number of rotatable bonds is 5. The van der Waals surface area contributed by atoms with Crippen LogP contribution in [0.1, 0.15) is 12.0 Å². The van der Waals surface area contributed by atoms with Gasteiger partial charge in [0.1, 0.15) is 11.8 Å². The first kappa shape index (κ1) is 19.8. The molecule has 2 aliphatic rings. The maximum atomic E-state index is 13.2. The zero-order valence-electron chi connectivity index (χ0n) is 16.4. The van der Waals surface area contributed by atoms with Gasteiger partial charge in [-0.25, -0.2) is 13.4 Å². The highest BCUT2D eigenvalue weighted by Crippen LogP contribution is 2.38. The smallest absolute Gasteiger partial charge is 0.263 e. The summed E-state index contributed by atoms with van der Waals surface area (Å²) >= 11 is 1.20. The molecule has 160 valence electrons. The van der Waals surface area contributed by atoms with Crippen molar-refractivity contribution in [2.45, 2.75) is 23.8 Å². The van der Waals surface area contributed by atoms with E-state index in [9.17, 15) is 18.3 Å². The first-order valence-electron chi connectivity index (χ1n) is 9.85. The average molecular weight is 457 g/mol. The second kappa shape index (κ2) is 7.54. The van der Waals surface area contributed by atoms with E-state index < -0.39 is 10.0 Å². The number of aromatic nitrogens is 1. The number of phenols is 1. The summed E-state index contributed by atoms with van der Waals surface area (Å²) < 4.78 is 27.5. The van der Waals surface area contributed by atoms with Gasteiger partial charge in [-0.15, -0.1) is 11.3 Å². The van der Waals surface area contributed by atoms with Gasteiger partial charge in [0, 0.05) is 41.6 Å². The van der Waals surface area contributed by atoms with E-state index in [0.29, 0.717) is 36.8 Å². The Labute approximate surface area is 183 Å². The minimum atomic E-state index is -3.74. The summed E-state index contributed by atoms with van der Waals surface area (Å²) in [5, 5.41) is 12.1. The number of phenolic OH excluding ortho intramolecular Hbond substituents is 1. The average Bonchev–Trinajstić information content (AvgIpc) is 3.48. The number of fused-ring (bicyclic) bond motifs is 1. The van der Waals surface area contributed by atoms with Crippen LogP contribution in [0.4, 0.5) is 16.5 Å². The summed E-state index contributed by atoms with van der Waals surface area (Å²) in [5.74, 6) is 0.248. The van der Waals surface area contributed by atoms with E-state index in [1.54, 1.807) is 34.5 Å². The standard InChI is InChI=1S/C21H20N4O4S2/c26-19-3-1-2-17-16(19)8-11-25(17)18-9-12-24(20(18)27)14-4-6-15(7-5-14)31(28,29)23-21-22-10-13-30-21/h1-7,10,13,18,26H,8-9,11-12H2,(H,22,23)/t18-/m0/s1. The Hall–Kier alpha value is -3.11. The Bertz CT molecular complexity index is 1230. The number of aromatic hydroxyl groups is 1. The lowest BCUT2D eigenvalue weighted by Gasteiger charge is -2.26. The number of carbonyl (C=O) groups is 1. The van der Waals surface area contributed by atoms with Crippen molar-refractivity contribution in [3.05, 3.63) is 59.6 Å². The van der Waals surface area contributed by atoms with Gasteiger partial charge in [-0.1, -0.05) is 6.07 Å². The molecule has 2 N–H and O–H groups in total. The van der Waals surface area contributed by atoms with Crippen molar-refractivity contribution in [2.24, 2.45) is 0 Å². The number of amides is 1. The third-order valence-corrected chi connectivity index (χ3v) is 7.88. The van der Waals surface area contributed by atoms with Gasteiger partial charge >= 0.3 is 0 Å². The van der Waals surface area contributed by atoms with Crippen molar-refractivity contribution in [3.8, 4) is 5.75 Å². The molecule has 1 fully saturated rings. The van der Waals surface area contributed by atoms with Crippen LogP contribution in [0.25, 0.3) is 0 Å². The quantitative estimate of drug-likeness (QED) is 0.612. The van der Waals surface area contributed by atoms with E-state index in [1.807, 2.05) is 6.07 Å². The van der Waals surface area contributed by atoms with Crippen molar-refractivity contribution in [2.75, 3.05) is 27.6 Å². The third-order valence-electron chi connectivity index (χ3n) is 5.70. The van der Waals surface area contributed by atoms with Crippen LogP contribution >= 0.6 is 11.3 Å². The molecule has 2 aromatic carbocycles. The molecule has 31 heavy (non-hydrogen) atoms. The maximum absolute atomic E-state index is 13.2. The van der Waals surface area contributed by atoms with Crippen molar-refractivity contribution >= 4 is 43.8 Å². The van der Waals surface area contributed by atoms with Crippen LogP contribution in [-0.2, 0) is 21.2 Å². The second-order valence-electron chi connectivity index (χ2n) is 7.45. The van der Waals surface area contributed by atoms with E-state index >= 15 is 0 Å². The molecule has 1 aromatic heterocycles. The fraction of sp³-hybridized carbons (Fsp3) is 0.238. The number of nitrogens with one attached hydrogen (secondary N) is 1. The molecule has 10 heteroatoms. The molecule has 0 saturated carbocycles. The van der Waals surface area contributed by atoms with Crippen molar-refractivity contribution in [1.82, 2.24) is 4.98 Å². The molecule has 0 spiro atoms. The fourth-order valence-electron chi connectivity index (χ4n) is 4.23. The molecule has 1 atom stereocenters. The molecule has 0 radical (unpaired) electrons. The normalized spacial score (nSPS) is 18.5. The topological polar surface area (TPSA) is 103 Å². The number of thiazole rings is 1. The van der Waals surface area contributed by atoms with Gasteiger partial charge in [0.05, 0.1) is 4.90 Å². The minimum absolute atomic E-state index is 0.0206. The Balaban J connectivity index is 1.33. The molecule has 1 saturated heterocycles. The molecule has 0 aliphatic carbocycles. The number of nitrogens with zero attached hydrogens (tertiary/aromatic N) is 3. The molecular weight excluding hydrogens is 436 g/mol. The van der Waals surface area contributed by atoms with E-state index in [-0.39, 0.29) is 22.6 Å². The van der Waals surface area contributed by atoms with Gasteiger partial charge < -0.3 is 14.9 Å². The predicted octanol–water partition coefficient (Wildman–Crippen LogP) is 2.82. The summed E-state index contributed by atoms with van der Waals surface area (Å²) in [7, 11) is -3.74. The molecule has 3 heterocycles. The molecule has 3 aromatic rings. The molecule has 8 nitrogen and oxygen atoms in total. The van der Waals surface area contributed by atoms with Crippen molar-refractivity contribution in [3.63, 3.8) is 0 Å². The zero-order chi connectivity index (χ0) is 21.6. The van der Waals surface area contributed by atoms with Gasteiger partial charge in [-0.3, -0.25) is 9.52 Å². The van der Waals surface area contributed by atoms with E-state index in [0.717, 1.165) is 11.3 Å². The Morgan fingerprint density at radius 2 is 1.94 bits per heavy atom. The van der Waals surface area contributed by atoms with Crippen molar-refractivity contribution in [1.29, 1.82) is 0 Å². The summed E-state index contributed by atoms with van der Waals surface area (Å²) in [6.07, 6.45) is 2.91. The Kier molecular flexibility index (Phi) is 4.82. The van der Waals surface area contributed by atoms with E-state index in [1.165, 1.54) is 29.7 Å². The molecule has 1 amide bonds. The molecule has 5 rings (SSSR count). The lowest BCUT2D eigenvalue weighted by atomic mass is 10.1. The van der Waals surface area contributed by atoms with Gasteiger partial charge in [-0.2, -0.15) is 0 Å². The van der Waals surface area contributed by atoms with Gasteiger partial charge in [0.25, 0.3) is 10.0 Å². The summed E-state index contributed by atoms with van der Waals surface area (Å²) in [4.78, 5) is 21.0. The van der Waals surface area contributed by atoms with E-state index in [4.69, 9.17) is 0 Å². The lowest BCUT2D eigenvalue weighted by Crippen LogP contribution is -2.41. The number of carbonyl (C=O) groups excluding carboxylic acids is 1. The zero-order valence-corrected chi connectivity index (χ0v) is 18.1. The van der Waals surface area contributed by atoms with Crippen LogP contribution in [0, 0.1) is 0 Å². The highest BCUT2D eigenvalue weighted by molar-refractivity contribution is 7.93. The third kappa shape index (κ3) is 3.51. The maximum Gasteiger partial charge on any atom is 0.263 e. The SMILES string of the molecule is O=C1[C@@H](N2CCc3c(O)cccc32)CCN1c1ccc(S(=O)(=O)Nc2nccs2)cc1. The molecule has 0 unspecified atom stereocenters. The van der Waals surface area contributed by atoms with Gasteiger partial charge in [-0.05, 0) is 49.2 Å². The second-order valence-corrected chi connectivity index (χ2v) is 10.0. The van der Waals surface area contributed by atoms with Crippen LogP contribution < -0.4 is 14.5 Å². The number of anilines is 3. The van der Waals surface area contributed by atoms with Crippen molar-refractivity contribution < 1.29 is 18.3 Å². The van der Waals surface area contributed by atoms with Crippen LogP contribution in [0.2, 0.25) is 0 Å². The number of hydrogen-bond donors (Lipinski definition) is 2. The molecule has 2 aliphatic heterocycles. The van der Waals surface area contributed by atoms with Gasteiger partial charge in [0.15, 0.2) is 5.13 Å². The van der Waals surface area contributed by atoms with Crippen LogP contribution in [0.3, 0.4) is 0 Å². The monoisotopic (exact) mass is 456 g/mol. The summed E-state index contributed by atoms with van der Waals surface area (Å²) in [6, 6.07) is 11.4. The fourth-order valence-corrected chi connectivity index (χ4v) is 6.02. The van der Waals surface area contributed by atoms with Crippen LogP contribution in [0.5, 0.6) is 5.75 Å². The Morgan fingerprint density at radius 3 is 2.68 bits per heavy atom. The molecular formula is C21H20N4O4S2. The Morgan fingerprint density at radius 1 is 1.13 bits per heavy atom.